The van der Waals surface area contributed by atoms with E-state index in [-0.39, 0.29) is 23.8 Å². The van der Waals surface area contributed by atoms with Crippen LogP contribution in [0.1, 0.15) is 61.6 Å². The van der Waals surface area contributed by atoms with Crippen LogP contribution in [-0.4, -0.2) is 88.5 Å². The molecule has 2 aliphatic rings. The van der Waals surface area contributed by atoms with Crippen molar-refractivity contribution in [1.82, 2.24) is 24.7 Å². The number of aryl methyl sites for hydroxylation is 2. The first-order valence-electron chi connectivity index (χ1n) is 11.3. The number of amides is 3. The van der Waals surface area contributed by atoms with Crippen LogP contribution in [0.2, 0.25) is 0 Å². The van der Waals surface area contributed by atoms with Gasteiger partial charge in [-0.1, -0.05) is 0 Å². The highest BCUT2D eigenvalue weighted by Gasteiger charge is 2.30. The number of hydrogen-bond acceptors (Lipinski definition) is 8. The van der Waals surface area contributed by atoms with Gasteiger partial charge < -0.3 is 19.4 Å². The Balaban J connectivity index is 1.30. The molecule has 2 fully saturated rings. The topological polar surface area (TPSA) is 95.9 Å². The summed E-state index contributed by atoms with van der Waals surface area (Å²) in [7, 11) is 0. The van der Waals surface area contributed by atoms with Crippen molar-refractivity contribution in [2.45, 2.75) is 39.5 Å². The third kappa shape index (κ3) is 5.19. The minimum absolute atomic E-state index is 0.0634. The molecule has 0 bridgehead atoms. The number of hydrogen-bond donors (Lipinski definition) is 0. The van der Waals surface area contributed by atoms with Crippen LogP contribution in [0.3, 0.4) is 0 Å². The smallest absolute Gasteiger partial charge is 0.409 e. The van der Waals surface area contributed by atoms with E-state index in [2.05, 4.69) is 9.97 Å². The zero-order chi connectivity index (χ0) is 23.5. The lowest BCUT2D eigenvalue weighted by Crippen LogP contribution is -2.50. The molecule has 2 aromatic heterocycles. The highest BCUT2D eigenvalue weighted by Crippen LogP contribution is 2.32. The Morgan fingerprint density at radius 2 is 1.61 bits per heavy atom. The maximum atomic E-state index is 12.9. The number of likely N-dealkylation sites (tertiary alicyclic amines) is 1. The van der Waals surface area contributed by atoms with Crippen LogP contribution >= 0.6 is 22.7 Å². The fourth-order valence-electron chi connectivity index (χ4n) is 4.25. The lowest BCUT2D eigenvalue weighted by molar-refractivity contribution is 0.0566. The Hall–Kier alpha value is -2.53. The largest absolute Gasteiger partial charge is 0.450 e. The molecule has 0 saturated carbocycles. The van der Waals surface area contributed by atoms with Crippen molar-refractivity contribution in [3.63, 3.8) is 0 Å². The lowest BCUT2D eigenvalue weighted by Gasteiger charge is -2.33. The summed E-state index contributed by atoms with van der Waals surface area (Å²) in [6.07, 6.45) is 1.34. The SMILES string of the molecule is CCOC(=O)N1CCN(C(=O)c2csc(C3CCN(C(=O)c4sc(C)nc4C)CC3)n2)CC1. The first-order valence-corrected chi connectivity index (χ1v) is 13.0. The zero-order valence-corrected chi connectivity index (χ0v) is 20.8. The quantitative estimate of drug-likeness (QED) is 0.652. The van der Waals surface area contributed by atoms with Crippen molar-refractivity contribution in [3.8, 4) is 0 Å². The van der Waals surface area contributed by atoms with Crippen LogP contribution in [-0.2, 0) is 4.74 Å². The van der Waals surface area contributed by atoms with Gasteiger partial charge in [0, 0.05) is 50.6 Å². The molecule has 0 unspecified atom stereocenters. The molecule has 178 valence electrons. The minimum Gasteiger partial charge on any atom is -0.450 e. The number of thiazole rings is 2. The molecule has 0 aromatic carbocycles. The molecule has 33 heavy (non-hydrogen) atoms. The van der Waals surface area contributed by atoms with E-state index in [1.54, 1.807) is 16.7 Å². The molecule has 11 heteroatoms. The van der Waals surface area contributed by atoms with E-state index in [0.717, 1.165) is 33.4 Å². The summed E-state index contributed by atoms with van der Waals surface area (Å²) in [6, 6.07) is 0. The van der Waals surface area contributed by atoms with Gasteiger partial charge in [-0.3, -0.25) is 9.59 Å². The second kappa shape index (κ2) is 10.2. The van der Waals surface area contributed by atoms with Crippen LogP contribution in [0.25, 0.3) is 0 Å². The van der Waals surface area contributed by atoms with Crippen LogP contribution in [0.5, 0.6) is 0 Å². The fourth-order valence-corrected chi connectivity index (χ4v) is 6.10. The number of piperazine rings is 1. The van der Waals surface area contributed by atoms with E-state index in [0.29, 0.717) is 51.6 Å². The number of carbonyl (C=O) groups is 3. The van der Waals surface area contributed by atoms with E-state index in [4.69, 9.17) is 4.74 Å². The molecule has 0 radical (unpaired) electrons. The number of nitrogens with zero attached hydrogens (tertiary/aromatic N) is 5. The van der Waals surface area contributed by atoms with Crippen molar-refractivity contribution in [2.75, 3.05) is 45.9 Å². The van der Waals surface area contributed by atoms with Gasteiger partial charge in [0.1, 0.15) is 10.6 Å². The Labute approximate surface area is 201 Å². The summed E-state index contributed by atoms with van der Waals surface area (Å²) in [4.78, 5) is 52.6. The molecule has 3 amide bonds. The van der Waals surface area contributed by atoms with Gasteiger partial charge in [0.05, 0.1) is 22.3 Å². The molecule has 4 rings (SSSR count). The Morgan fingerprint density at radius 3 is 2.21 bits per heavy atom. The van der Waals surface area contributed by atoms with E-state index in [1.807, 2.05) is 24.1 Å². The van der Waals surface area contributed by atoms with Crippen molar-refractivity contribution < 1.29 is 19.1 Å². The van der Waals surface area contributed by atoms with Gasteiger partial charge >= 0.3 is 6.09 Å². The van der Waals surface area contributed by atoms with Gasteiger partial charge in [-0.15, -0.1) is 22.7 Å². The van der Waals surface area contributed by atoms with E-state index in [1.165, 1.54) is 22.7 Å². The van der Waals surface area contributed by atoms with Crippen molar-refractivity contribution >= 4 is 40.6 Å². The first-order chi connectivity index (χ1) is 15.9. The average molecular weight is 492 g/mol. The molecule has 0 spiro atoms. The van der Waals surface area contributed by atoms with Crippen LogP contribution in [0.15, 0.2) is 5.38 Å². The van der Waals surface area contributed by atoms with Gasteiger partial charge in [-0.25, -0.2) is 14.8 Å². The van der Waals surface area contributed by atoms with E-state index >= 15 is 0 Å². The molecule has 4 heterocycles. The van der Waals surface area contributed by atoms with Gasteiger partial charge in [0.2, 0.25) is 0 Å². The van der Waals surface area contributed by atoms with E-state index < -0.39 is 0 Å². The average Bonchev–Trinajstić information content (AvgIpc) is 3.45. The molecule has 0 atom stereocenters. The molecule has 0 N–H and O–H groups in total. The summed E-state index contributed by atoms with van der Waals surface area (Å²) in [6.45, 7) is 9.16. The van der Waals surface area contributed by atoms with Crippen molar-refractivity contribution in [2.24, 2.45) is 0 Å². The Bertz CT molecular complexity index is 1020. The van der Waals surface area contributed by atoms with Gasteiger partial charge in [0.25, 0.3) is 11.8 Å². The maximum Gasteiger partial charge on any atom is 0.409 e. The number of aromatic nitrogens is 2. The summed E-state index contributed by atoms with van der Waals surface area (Å²) in [5.41, 5.74) is 1.27. The molecule has 2 saturated heterocycles. The molecular formula is C22H29N5O4S2. The molecule has 9 nitrogen and oxygen atoms in total. The monoisotopic (exact) mass is 491 g/mol. The lowest BCUT2D eigenvalue weighted by atomic mass is 9.97. The Morgan fingerprint density at radius 1 is 0.970 bits per heavy atom. The normalized spacial score (nSPS) is 17.4. The number of carbonyl (C=O) groups excluding carboxylic acids is 3. The summed E-state index contributed by atoms with van der Waals surface area (Å²) in [5.74, 6) is 0.226. The van der Waals surface area contributed by atoms with Crippen LogP contribution < -0.4 is 0 Å². The fraction of sp³-hybridized carbons (Fsp3) is 0.591. The number of rotatable bonds is 4. The highest BCUT2D eigenvalue weighted by atomic mass is 32.1. The van der Waals surface area contributed by atoms with Crippen LogP contribution in [0, 0.1) is 13.8 Å². The number of ether oxygens (including phenoxy) is 1. The van der Waals surface area contributed by atoms with Gasteiger partial charge in [-0.05, 0) is 33.6 Å². The Kier molecular flexibility index (Phi) is 7.28. The number of piperidine rings is 1. The molecule has 2 aliphatic heterocycles. The third-order valence-electron chi connectivity index (χ3n) is 6.06. The van der Waals surface area contributed by atoms with Crippen molar-refractivity contribution in [3.05, 3.63) is 31.7 Å². The van der Waals surface area contributed by atoms with Gasteiger partial charge in [0.15, 0.2) is 0 Å². The predicted molar refractivity (Wildman–Crippen MR) is 126 cm³/mol. The molecule has 2 aromatic rings. The third-order valence-corrected chi connectivity index (χ3v) is 8.13. The second-order valence-corrected chi connectivity index (χ2v) is 10.4. The summed E-state index contributed by atoms with van der Waals surface area (Å²) < 4.78 is 5.03. The highest BCUT2D eigenvalue weighted by molar-refractivity contribution is 7.13. The minimum atomic E-state index is -0.328. The first kappa shape index (κ1) is 23.6. The maximum absolute atomic E-state index is 12.9. The van der Waals surface area contributed by atoms with Gasteiger partial charge in [-0.2, -0.15) is 0 Å². The second-order valence-electron chi connectivity index (χ2n) is 8.26. The molecule has 0 aliphatic carbocycles. The standard InChI is InChI=1S/C22H29N5O4S2/c1-4-31-22(30)27-11-9-26(10-12-27)20(28)17-13-32-19(24-17)16-5-7-25(8-6-16)21(29)18-14(2)23-15(3)33-18/h13,16H,4-12H2,1-3H3. The summed E-state index contributed by atoms with van der Waals surface area (Å²) in [5, 5.41) is 3.70. The summed E-state index contributed by atoms with van der Waals surface area (Å²) >= 11 is 2.97. The van der Waals surface area contributed by atoms with Crippen molar-refractivity contribution in [1.29, 1.82) is 0 Å². The predicted octanol–water partition coefficient (Wildman–Crippen LogP) is 3.15. The molecular weight excluding hydrogens is 462 g/mol. The van der Waals surface area contributed by atoms with E-state index in [9.17, 15) is 14.4 Å². The van der Waals surface area contributed by atoms with Crippen LogP contribution in [0.4, 0.5) is 4.79 Å². The zero-order valence-electron chi connectivity index (χ0n) is 19.2.